The van der Waals surface area contributed by atoms with Gasteiger partial charge in [0.25, 0.3) is 5.91 Å². The van der Waals surface area contributed by atoms with Crippen LogP contribution in [0.25, 0.3) is 0 Å². The number of carbonyl (C=O) groups excluding carboxylic acids is 1. The second-order valence-electron chi connectivity index (χ2n) is 6.00. The van der Waals surface area contributed by atoms with E-state index in [1.54, 1.807) is 19.1 Å². The van der Waals surface area contributed by atoms with Gasteiger partial charge in [-0.15, -0.1) is 0 Å². The highest BCUT2D eigenvalue weighted by molar-refractivity contribution is 6.05. The number of benzene rings is 1. The first-order chi connectivity index (χ1) is 10.1. The Bertz CT molecular complexity index is 564. The summed E-state index contributed by atoms with van der Waals surface area (Å²) in [6, 6.07) is 6.32. The maximum absolute atomic E-state index is 12.9. The third kappa shape index (κ3) is 2.91. The molecule has 1 aromatic carbocycles. The Balaban J connectivity index is 1.65. The molecule has 1 N–H and O–H groups in total. The quantitative estimate of drug-likeness (QED) is 0.930. The molecule has 1 aliphatic heterocycles. The molecule has 2 aliphatic rings. The highest BCUT2D eigenvalue weighted by Crippen LogP contribution is 2.28. The van der Waals surface area contributed by atoms with Crippen molar-refractivity contribution in [3.05, 3.63) is 35.6 Å². The Morgan fingerprint density at radius 1 is 1.33 bits per heavy atom. The van der Waals surface area contributed by atoms with Crippen LogP contribution in [0.3, 0.4) is 0 Å². The van der Waals surface area contributed by atoms with Gasteiger partial charge in [0.1, 0.15) is 5.82 Å². The van der Waals surface area contributed by atoms with E-state index in [2.05, 4.69) is 10.5 Å². The van der Waals surface area contributed by atoms with Crippen molar-refractivity contribution < 1.29 is 14.0 Å². The number of amides is 1. The zero-order chi connectivity index (χ0) is 14.9. The first-order valence-corrected chi connectivity index (χ1v) is 7.39. The lowest BCUT2D eigenvalue weighted by Gasteiger charge is -2.23. The van der Waals surface area contributed by atoms with Crippen LogP contribution in [-0.4, -0.2) is 23.3 Å². The van der Waals surface area contributed by atoms with Gasteiger partial charge in [0.05, 0.1) is 5.71 Å². The molecule has 0 bridgehead atoms. The molecular weight excluding hydrogens is 271 g/mol. The molecule has 0 radical (unpaired) electrons. The summed E-state index contributed by atoms with van der Waals surface area (Å²) < 4.78 is 12.9. The van der Waals surface area contributed by atoms with E-state index in [1.807, 2.05) is 0 Å². The van der Waals surface area contributed by atoms with Crippen LogP contribution in [-0.2, 0) is 9.63 Å². The van der Waals surface area contributed by atoms with E-state index < -0.39 is 5.60 Å². The molecular formula is C16H19FN2O2. The van der Waals surface area contributed by atoms with Gasteiger partial charge in [0.2, 0.25) is 5.60 Å². The van der Waals surface area contributed by atoms with Crippen molar-refractivity contribution in [1.29, 1.82) is 0 Å². The summed E-state index contributed by atoms with van der Waals surface area (Å²) >= 11 is 0. The summed E-state index contributed by atoms with van der Waals surface area (Å²) in [6.45, 7) is 1.75. The Hall–Kier alpha value is -1.91. The average Bonchev–Trinajstić information content (AvgIpc) is 3.10. The van der Waals surface area contributed by atoms with Gasteiger partial charge in [0, 0.05) is 12.5 Å². The highest BCUT2D eigenvalue weighted by atomic mass is 19.1. The third-order valence-electron chi connectivity index (χ3n) is 4.21. The van der Waals surface area contributed by atoms with E-state index in [1.165, 1.54) is 25.0 Å². The molecule has 3 rings (SSSR count). The van der Waals surface area contributed by atoms with Crippen LogP contribution < -0.4 is 5.32 Å². The van der Waals surface area contributed by atoms with Crippen molar-refractivity contribution >= 4 is 11.6 Å². The maximum Gasteiger partial charge on any atom is 0.267 e. The molecule has 21 heavy (non-hydrogen) atoms. The van der Waals surface area contributed by atoms with E-state index in [0.29, 0.717) is 12.1 Å². The van der Waals surface area contributed by atoms with Crippen molar-refractivity contribution in [1.82, 2.24) is 5.32 Å². The van der Waals surface area contributed by atoms with Crippen molar-refractivity contribution in [2.75, 3.05) is 0 Å². The van der Waals surface area contributed by atoms with Crippen LogP contribution >= 0.6 is 0 Å². The zero-order valence-corrected chi connectivity index (χ0v) is 12.1. The van der Waals surface area contributed by atoms with Gasteiger partial charge in [0.15, 0.2) is 0 Å². The van der Waals surface area contributed by atoms with Crippen molar-refractivity contribution in [2.24, 2.45) is 5.16 Å². The predicted molar refractivity (Wildman–Crippen MR) is 77.4 cm³/mol. The largest absolute Gasteiger partial charge is 0.379 e. The van der Waals surface area contributed by atoms with Crippen LogP contribution in [0.15, 0.2) is 29.4 Å². The summed E-state index contributed by atoms with van der Waals surface area (Å²) in [5, 5.41) is 7.06. The molecule has 1 heterocycles. The Morgan fingerprint density at radius 3 is 2.67 bits per heavy atom. The summed E-state index contributed by atoms with van der Waals surface area (Å²) in [7, 11) is 0. The first-order valence-electron chi connectivity index (χ1n) is 7.39. The minimum absolute atomic E-state index is 0.115. The van der Waals surface area contributed by atoms with Crippen LogP contribution in [0.1, 0.15) is 44.6 Å². The SMILES string of the molecule is C[C@]1(C(=O)NC2CCCC2)CC(c2ccc(F)cc2)=NO1. The third-order valence-corrected chi connectivity index (χ3v) is 4.21. The summed E-state index contributed by atoms with van der Waals surface area (Å²) in [5.41, 5.74) is 0.500. The van der Waals surface area contributed by atoms with Gasteiger partial charge in [-0.3, -0.25) is 4.79 Å². The first kappa shape index (κ1) is 14.0. The molecule has 1 saturated carbocycles. The fraction of sp³-hybridized carbons (Fsp3) is 0.500. The number of nitrogens with one attached hydrogen (secondary N) is 1. The van der Waals surface area contributed by atoms with E-state index >= 15 is 0 Å². The molecule has 4 nitrogen and oxygen atoms in total. The molecule has 0 unspecified atom stereocenters. The molecule has 1 atom stereocenters. The maximum atomic E-state index is 12.9. The summed E-state index contributed by atoms with van der Waals surface area (Å²) in [5.74, 6) is -0.407. The van der Waals surface area contributed by atoms with Crippen LogP contribution in [0.5, 0.6) is 0 Å². The van der Waals surface area contributed by atoms with Crippen LogP contribution in [0.4, 0.5) is 4.39 Å². The molecule has 0 saturated heterocycles. The molecule has 5 heteroatoms. The van der Waals surface area contributed by atoms with Crippen molar-refractivity contribution in [3.63, 3.8) is 0 Å². The lowest BCUT2D eigenvalue weighted by atomic mass is 9.94. The molecule has 112 valence electrons. The number of carbonyl (C=O) groups is 1. The molecule has 0 spiro atoms. The molecule has 0 aromatic heterocycles. The highest BCUT2D eigenvalue weighted by Gasteiger charge is 2.43. The predicted octanol–water partition coefficient (Wildman–Crippen LogP) is 2.77. The minimum Gasteiger partial charge on any atom is -0.379 e. The smallest absolute Gasteiger partial charge is 0.267 e. The second-order valence-corrected chi connectivity index (χ2v) is 6.00. The number of oxime groups is 1. The number of hydrogen-bond acceptors (Lipinski definition) is 3. The Kier molecular flexibility index (Phi) is 3.66. The molecule has 1 fully saturated rings. The van der Waals surface area contributed by atoms with E-state index in [4.69, 9.17) is 4.84 Å². The number of rotatable bonds is 3. The number of halogens is 1. The number of nitrogens with zero attached hydrogens (tertiary/aromatic N) is 1. The van der Waals surface area contributed by atoms with Crippen LogP contribution in [0, 0.1) is 5.82 Å². The van der Waals surface area contributed by atoms with Gasteiger partial charge in [-0.05, 0) is 37.5 Å². The topological polar surface area (TPSA) is 50.7 Å². The fourth-order valence-electron chi connectivity index (χ4n) is 2.87. The van der Waals surface area contributed by atoms with Crippen LogP contribution in [0.2, 0.25) is 0 Å². The standard InChI is InChI=1S/C16H19FN2O2/c1-16(15(20)18-13-4-2-3-5-13)10-14(19-21-16)11-6-8-12(17)9-7-11/h6-9,13H,2-5,10H2,1H3,(H,18,20)/t16-/m1/s1. The molecule has 1 amide bonds. The molecule has 1 aliphatic carbocycles. The lowest BCUT2D eigenvalue weighted by Crippen LogP contribution is -2.48. The van der Waals surface area contributed by atoms with E-state index in [0.717, 1.165) is 18.4 Å². The zero-order valence-electron chi connectivity index (χ0n) is 12.1. The average molecular weight is 290 g/mol. The van der Waals surface area contributed by atoms with Gasteiger partial charge in [-0.25, -0.2) is 4.39 Å². The number of hydrogen-bond donors (Lipinski definition) is 1. The van der Waals surface area contributed by atoms with Crippen molar-refractivity contribution in [2.45, 2.75) is 50.7 Å². The normalized spacial score (nSPS) is 25.5. The van der Waals surface area contributed by atoms with Crippen molar-refractivity contribution in [3.8, 4) is 0 Å². The van der Waals surface area contributed by atoms with Gasteiger partial charge >= 0.3 is 0 Å². The van der Waals surface area contributed by atoms with Gasteiger partial charge in [-0.1, -0.05) is 30.1 Å². The Labute approximate surface area is 123 Å². The fourth-order valence-corrected chi connectivity index (χ4v) is 2.87. The lowest BCUT2D eigenvalue weighted by molar-refractivity contribution is -0.142. The van der Waals surface area contributed by atoms with Gasteiger partial charge in [-0.2, -0.15) is 0 Å². The second kappa shape index (κ2) is 5.47. The minimum atomic E-state index is -0.966. The Morgan fingerprint density at radius 2 is 2.00 bits per heavy atom. The monoisotopic (exact) mass is 290 g/mol. The summed E-state index contributed by atoms with van der Waals surface area (Å²) in [6.07, 6.45) is 4.80. The van der Waals surface area contributed by atoms with Gasteiger partial charge < -0.3 is 10.2 Å². The molecule has 1 aromatic rings. The van der Waals surface area contributed by atoms with E-state index in [9.17, 15) is 9.18 Å². The van der Waals surface area contributed by atoms with E-state index in [-0.39, 0.29) is 17.8 Å². The summed E-state index contributed by atoms with van der Waals surface area (Å²) in [4.78, 5) is 17.8.